The fourth-order valence-electron chi connectivity index (χ4n) is 1.80. The Morgan fingerprint density at radius 1 is 1.19 bits per heavy atom. The summed E-state index contributed by atoms with van der Waals surface area (Å²) in [6.45, 7) is 0.226. The van der Waals surface area contributed by atoms with Crippen LogP contribution in [0, 0.1) is 0 Å². The molecule has 6 nitrogen and oxygen atoms in total. The highest BCUT2D eigenvalue weighted by atomic mass is 32.2. The molecule has 108 valence electrons. The Morgan fingerprint density at radius 2 is 1.95 bits per heavy atom. The molecule has 0 radical (unpaired) electrons. The van der Waals surface area contributed by atoms with E-state index >= 15 is 0 Å². The second kappa shape index (κ2) is 5.40. The summed E-state index contributed by atoms with van der Waals surface area (Å²) in [6.07, 6.45) is 4.17. The maximum absolute atomic E-state index is 12.5. The number of rotatable bonds is 4. The van der Waals surface area contributed by atoms with Crippen molar-refractivity contribution >= 4 is 21.2 Å². The zero-order valence-electron chi connectivity index (χ0n) is 10.9. The van der Waals surface area contributed by atoms with Crippen LogP contribution in [0.4, 0.5) is 0 Å². The van der Waals surface area contributed by atoms with Crippen molar-refractivity contribution in [2.24, 2.45) is 5.73 Å². The van der Waals surface area contributed by atoms with Crippen molar-refractivity contribution in [1.29, 1.82) is 0 Å². The highest BCUT2D eigenvalue weighted by molar-refractivity contribution is 7.93. The van der Waals surface area contributed by atoms with Crippen LogP contribution in [0.2, 0.25) is 0 Å². The number of aromatic nitrogens is 3. The molecule has 2 N–H and O–H groups in total. The summed E-state index contributed by atoms with van der Waals surface area (Å²) in [5.74, 6) is 0. The Kier molecular flexibility index (Phi) is 3.58. The predicted octanol–water partition coefficient (Wildman–Crippen LogP) is 1.62. The van der Waals surface area contributed by atoms with Crippen molar-refractivity contribution in [2.75, 3.05) is 0 Å². The molecule has 2 aromatic heterocycles. The van der Waals surface area contributed by atoms with Crippen LogP contribution in [0.5, 0.6) is 0 Å². The van der Waals surface area contributed by atoms with Crippen LogP contribution >= 0.6 is 11.3 Å². The van der Waals surface area contributed by atoms with Crippen LogP contribution < -0.4 is 5.73 Å². The molecule has 1 aromatic carbocycles. The molecule has 8 heteroatoms. The fourth-order valence-corrected chi connectivity index (χ4v) is 4.19. The van der Waals surface area contributed by atoms with E-state index in [4.69, 9.17) is 5.73 Å². The minimum atomic E-state index is -3.60. The van der Waals surface area contributed by atoms with Gasteiger partial charge >= 0.3 is 0 Å². The maximum atomic E-state index is 12.5. The largest absolute Gasteiger partial charge is 0.325 e. The highest BCUT2D eigenvalue weighted by Crippen LogP contribution is 2.26. The molecule has 21 heavy (non-hydrogen) atoms. The molecule has 0 aliphatic carbocycles. The van der Waals surface area contributed by atoms with Gasteiger partial charge in [-0.05, 0) is 12.1 Å². The molecular weight excluding hydrogens is 308 g/mol. The van der Waals surface area contributed by atoms with E-state index in [1.54, 1.807) is 0 Å². The van der Waals surface area contributed by atoms with Crippen LogP contribution in [0.1, 0.15) is 5.01 Å². The lowest BCUT2D eigenvalue weighted by Gasteiger charge is -1.99. The molecule has 2 heterocycles. The monoisotopic (exact) mass is 320 g/mol. The lowest BCUT2D eigenvalue weighted by molar-refractivity contribution is 0.598. The Bertz CT molecular complexity index is 853. The molecule has 0 spiro atoms. The molecule has 0 unspecified atom stereocenters. The van der Waals surface area contributed by atoms with Crippen LogP contribution in [-0.2, 0) is 16.4 Å². The number of hydrogen-bond donors (Lipinski definition) is 1. The van der Waals surface area contributed by atoms with Gasteiger partial charge in [0.05, 0.1) is 18.1 Å². The summed E-state index contributed by atoms with van der Waals surface area (Å²) < 4.78 is 26.7. The lowest BCUT2D eigenvalue weighted by Crippen LogP contribution is -1.98. The van der Waals surface area contributed by atoms with Crippen molar-refractivity contribution < 1.29 is 8.42 Å². The minimum absolute atomic E-state index is 0.138. The van der Waals surface area contributed by atoms with Crippen LogP contribution in [0.3, 0.4) is 0 Å². The predicted molar refractivity (Wildman–Crippen MR) is 79.0 cm³/mol. The van der Waals surface area contributed by atoms with E-state index < -0.39 is 9.84 Å². The summed E-state index contributed by atoms with van der Waals surface area (Å²) in [7, 11) is -3.60. The van der Waals surface area contributed by atoms with Gasteiger partial charge in [-0.3, -0.25) is 0 Å². The van der Waals surface area contributed by atoms with E-state index in [1.807, 2.05) is 30.3 Å². The molecule has 0 amide bonds. The molecule has 0 bridgehead atoms. The Hall–Kier alpha value is -2.03. The molecule has 0 saturated heterocycles. The third-order valence-corrected chi connectivity index (χ3v) is 6.05. The lowest BCUT2D eigenvalue weighted by atomic mass is 10.3. The second-order valence-corrected chi connectivity index (χ2v) is 7.53. The van der Waals surface area contributed by atoms with Crippen molar-refractivity contribution in [3.63, 3.8) is 0 Å². The van der Waals surface area contributed by atoms with Gasteiger partial charge < -0.3 is 5.73 Å². The van der Waals surface area contributed by atoms with Crippen molar-refractivity contribution in [1.82, 2.24) is 14.8 Å². The number of hydrogen-bond acceptors (Lipinski definition) is 6. The van der Waals surface area contributed by atoms with E-state index in [2.05, 4.69) is 10.1 Å². The van der Waals surface area contributed by atoms with E-state index in [0.717, 1.165) is 17.0 Å². The first kappa shape index (κ1) is 13.9. The maximum Gasteiger partial charge on any atom is 0.220 e. The second-order valence-electron chi connectivity index (χ2n) is 4.24. The number of nitrogens with zero attached hydrogens (tertiary/aromatic N) is 3. The Labute approximate surface area is 125 Å². The molecule has 0 saturated carbocycles. The van der Waals surface area contributed by atoms with Gasteiger partial charge in [0.15, 0.2) is 0 Å². The average molecular weight is 320 g/mol. The van der Waals surface area contributed by atoms with Gasteiger partial charge in [0.25, 0.3) is 0 Å². The van der Waals surface area contributed by atoms with Gasteiger partial charge in [0.2, 0.25) is 9.84 Å². The Balaban J connectivity index is 1.99. The standard InChI is InChI=1S/C13H12N4O2S2/c14-6-12-15-8-13(20-12)21(18,19)11-7-16-17(9-11)10-4-2-1-3-5-10/h1-5,7-9H,6,14H2. The van der Waals surface area contributed by atoms with Gasteiger partial charge in [-0.1, -0.05) is 18.2 Å². The van der Waals surface area contributed by atoms with Gasteiger partial charge in [0.1, 0.15) is 14.1 Å². The van der Waals surface area contributed by atoms with E-state index in [-0.39, 0.29) is 15.6 Å². The molecule has 3 rings (SSSR count). The number of para-hydroxylation sites is 1. The normalized spacial score (nSPS) is 11.7. The van der Waals surface area contributed by atoms with Crippen LogP contribution in [0.25, 0.3) is 5.69 Å². The Morgan fingerprint density at radius 3 is 2.62 bits per heavy atom. The first-order valence-corrected chi connectivity index (χ1v) is 8.41. The SMILES string of the molecule is NCc1ncc(S(=O)(=O)c2cnn(-c3ccccc3)c2)s1. The summed E-state index contributed by atoms with van der Waals surface area (Å²) in [6, 6.07) is 9.31. The smallest absolute Gasteiger partial charge is 0.220 e. The summed E-state index contributed by atoms with van der Waals surface area (Å²) in [4.78, 5) is 4.12. The van der Waals surface area contributed by atoms with Crippen molar-refractivity contribution in [3.05, 3.63) is 53.9 Å². The summed E-state index contributed by atoms with van der Waals surface area (Å²) >= 11 is 1.08. The number of sulfone groups is 1. The van der Waals surface area contributed by atoms with Crippen molar-refractivity contribution in [3.8, 4) is 5.69 Å². The fraction of sp³-hybridized carbons (Fsp3) is 0.0769. The number of nitrogens with two attached hydrogens (primary N) is 1. The molecule has 0 aliphatic rings. The highest BCUT2D eigenvalue weighted by Gasteiger charge is 2.22. The zero-order chi connectivity index (χ0) is 14.9. The van der Waals surface area contributed by atoms with Crippen molar-refractivity contribution in [2.45, 2.75) is 15.6 Å². The number of benzene rings is 1. The van der Waals surface area contributed by atoms with Gasteiger partial charge in [-0.15, -0.1) is 11.3 Å². The number of thiazole rings is 1. The van der Waals surface area contributed by atoms with E-state index in [9.17, 15) is 8.42 Å². The van der Waals surface area contributed by atoms with E-state index in [1.165, 1.54) is 23.3 Å². The quantitative estimate of drug-likeness (QED) is 0.789. The average Bonchev–Trinajstić information content (AvgIpc) is 3.18. The minimum Gasteiger partial charge on any atom is -0.325 e. The topological polar surface area (TPSA) is 90.9 Å². The zero-order valence-corrected chi connectivity index (χ0v) is 12.5. The van der Waals surface area contributed by atoms with Crippen LogP contribution in [0.15, 0.2) is 58.0 Å². The van der Waals surface area contributed by atoms with Gasteiger partial charge in [0, 0.05) is 12.7 Å². The van der Waals surface area contributed by atoms with Gasteiger partial charge in [-0.25, -0.2) is 18.1 Å². The van der Waals surface area contributed by atoms with Crippen LogP contribution in [-0.4, -0.2) is 23.2 Å². The van der Waals surface area contributed by atoms with Gasteiger partial charge in [-0.2, -0.15) is 5.10 Å². The molecule has 0 atom stereocenters. The summed E-state index contributed by atoms with van der Waals surface area (Å²) in [5.41, 5.74) is 6.26. The molecule has 0 aliphatic heterocycles. The molecule has 0 fully saturated rings. The summed E-state index contributed by atoms with van der Waals surface area (Å²) in [5, 5.41) is 4.69. The first-order chi connectivity index (χ1) is 10.1. The molecular formula is C13H12N4O2S2. The first-order valence-electron chi connectivity index (χ1n) is 6.11. The third-order valence-electron chi connectivity index (χ3n) is 2.86. The third kappa shape index (κ3) is 2.60. The van der Waals surface area contributed by atoms with E-state index in [0.29, 0.717) is 5.01 Å². The molecule has 3 aromatic rings.